The van der Waals surface area contributed by atoms with E-state index in [9.17, 15) is 9.18 Å². The molecule has 0 saturated heterocycles. The molecule has 3 aromatic rings. The van der Waals surface area contributed by atoms with E-state index in [1.165, 1.54) is 6.07 Å². The molecule has 0 atom stereocenters. The molecule has 5 nitrogen and oxygen atoms in total. The summed E-state index contributed by atoms with van der Waals surface area (Å²) in [6.07, 6.45) is 3.57. The molecule has 0 aliphatic heterocycles. The second-order valence-corrected chi connectivity index (χ2v) is 6.26. The van der Waals surface area contributed by atoms with E-state index in [0.717, 1.165) is 27.9 Å². The fourth-order valence-corrected chi connectivity index (χ4v) is 2.86. The van der Waals surface area contributed by atoms with Gasteiger partial charge in [0.05, 0.1) is 11.0 Å². The number of nitrogens with zero attached hydrogens (tertiary/aromatic N) is 2. The number of imidazole rings is 1. The van der Waals surface area contributed by atoms with Crippen molar-refractivity contribution in [1.82, 2.24) is 14.9 Å². The number of hydrogen-bond donors (Lipinski definition) is 2. The highest BCUT2D eigenvalue weighted by Crippen LogP contribution is 2.21. The molecule has 0 amide bonds. The third kappa shape index (κ3) is 4.06. The summed E-state index contributed by atoms with van der Waals surface area (Å²) < 4.78 is 15.3. The molecule has 0 fully saturated rings. The van der Waals surface area contributed by atoms with Crippen LogP contribution in [0, 0.1) is 5.82 Å². The van der Waals surface area contributed by atoms with Crippen LogP contribution in [0.1, 0.15) is 18.1 Å². The van der Waals surface area contributed by atoms with Gasteiger partial charge in [0.25, 0.3) is 0 Å². The van der Waals surface area contributed by atoms with Gasteiger partial charge in [0.15, 0.2) is 0 Å². The van der Waals surface area contributed by atoms with Crippen LogP contribution in [0.15, 0.2) is 70.2 Å². The summed E-state index contributed by atoms with van der Waals surface area (Å²) in [7, 11) is 1.72. The molecule has 138 valence electrons. The van der Waals surface area contributed by atoms with Gasteiger partial charge in [-0.2, -0.15) is 0 Å². The van der Waals surface area contributed by atoms with Crippen molar-refractivity contribution in [2.45, 2.75) is 13.5 Å². The number of aromatic nitrogens is 2. The third-order valence-electron chi connectivity index (χ3n) is 4.36. The van der Waals surface area contributed by atoms with E-state index in [1.54, 1.807) is 29.9 Å². The lowest BCUT2D eigenvalue weighted by molar-refractivity contribution is 0.601. The first-order chi connectivity index (χ1) is 13.0. The summed E-state index contributed by atoms with van der Waals surface area (Å²) in [6, 6.07) is 12.4. The topological polar surface area (TPSA) is 62.2 Å². The van der Waals surface area contributed by atoms with Crippen LogP contribution in [0.2, 0.25) is 0 Å². The van der Waals surface area contributed by atoms with E-state index < -0.39 is 0 Å². The van der Waals surface area contributed by atoms with Crippen molar-refractivity contribution < 1.29 is 4.39 Å². The predicted octanol–water partition coefficient (Wildman–Crippen LogP) is 3.74. The highest BCUT2D eigenvalue weighted by molar-refractivity contribution is 5.84. The number of aryl methyl sites for hydroxylation is 1. The Bertz CT molecular complexity index is 1100. The number of aliphatic imine (C=N–C) groups is 1. The van der Waals surface area contributed by atoms with Crippen LogP contribution in [-0.4, -0.2) is 16.3 Å². The lowest BCUT2D eigenvalue weighted by Crippen LogP contribution is -2.12. The zero-order valence-corrected chi connectivity index (χ0v) is 15.3. The van der Waals surface area contributed by atoms with Gasteiger partial charge in [-0.1, -0.05) is 24.3 Å². The lowest BCUT2D eigenvalue weighted by atomic mass is 10.0. The minimum atomic E-state index is -0.236. The van der Waals surface area contributed by atoms with Gasteiger partial charge < -0.3 is 10.3 Å². The Morgan fingerprint density at radius 2 is 2.11 bits per heavy atom. The van der Waals surface area contributed by atoms with Crippen molar-refractivity contribution in [3.63, 3.8) is 0 Å². The van der Waals surface area contributed by atoms with Gasteiger partial charge in [-0.05, 0) is 43.5 Å². The summed E-state index contributed by atoms with van der Waals surface area (Å²) >= 11 is 0. The number of fused-ring (bicyclic) bond motifs is 1. The number of halogens is 1. The number of hydrogen-bond acceptors (Lipinski definition) is 3. The molecule has 2 N–H and O–H groups in total. The summed E-state index contributed by atoms with van der Waals surface area (Å²) in [5, 5.41) is 3.21. The average Bonchev–Trinajstić information content (AvgIpc) is 2.94. The Hall–Kier alpha value is -3.41. The first-order valence-electron chi connectivity index (χ1n) is 8.50. The van der Waals surface area contributed by atoms with E-state index in [4.69, 9.17) is 0 Å². The summed E-state index contributed by atoms with van der Waals surface area (Å²) in [5.74, 6) is -0.236. The molecule has 2 aromatic carbocycles. The maximum Gasteiger partial charge on any atom is 0.326 e. The molecule has 1 aromatic heterocycles. The highest BCUT2D eigenvalue weighted by Gasteiger charge is 2.07. The minimum absolute atomic E-state index is 0.159. The zero-order valence-electron chi connectivity index (χ0n) is 15.3. The number of allylic oxidation sites excluding steroid dienone is 3. The second kappa shape index (κ2) is 7.86. The molecular weight excluding hydrogens is 343 g/mol. The van der Waals surface area contributed by atoms with E-state index in [-0.39, 0.29) is 11.5 Å². The van der Waals surface area contributed by atoms with E-state index in [1.807, 2.05) is 37.3 Å². The van der Waals surface area contributed by atoms with Crippen molar-refractivity contribution in [2.24, 2.45) is 12.0 Å². The van der Waals surface area contributed by atoms with Gasteiger partial charge in [-0.25, -0.2) is 9.18 Å². The normalized spacial score (nSPS) is 12.4. The Kier molecular flexibility index (Phi) is 5.35. The van der Waals surface area contributed by atoms with Crippen molar-refractivity contribution in [3.05, 3.63) is 87.9 Å². The summed E-state index contributed by atoms with van der Waals surface area (Å²) in [5.41, 5.74) is 4.61. The first kappa shape index (κ1) is 18.4. The monoisotopic (exact) mass is 364 g/mol. The average molecular weight is 364 g/mol. The number of benzene rings is 2. The molecule has 0 saturated carbocycles. The predicted molar refractivity (Wildman–Crippen MR) is 108 cm³/mol. The number of aromatic amines is 1. The van der Waals surface area contributed by atoms with Gasteiger partial charge in [0, 0.05) is 36.6 Å². The van der Waals surface area contributed by atoms with Crippen molar-refractivity contribution in [3.8, 4) is 0 Å². The van der Waals surface area contributed by atoms with Crippen LogP contribution in [-0.2, 0) is 13.6 Å². The molecule has 0 spiro atoms. The smallest absolute Gasteiger partial charge is 0.326 e. The molecule has 0 aliphatic rings. The fraction of sp³-hybridized carbons (Fsp3) is 0.143. The van der Waals surface area contributed by atoms with Gasteiger partial charge >= 0.3 is 5.69 Å². The van der Waals surface area contributed by atoms with Crippen molar-refractivity contribution >= 4 is 23.3 Å². The van der Waals surface area contributed by atoms with Gasteiger partial charge in [0.2, 0.25) is 0 Å². The molecule has 1 heterocycles. The lowest BCUT2D eigenvalue weighted by Gasteiger charge is -2.09. The quantitative estimate of drug-likeness (QED) is 0.517. The Labute approximate surface area is 156 Å². The Balaban J connectivity index is 1.87. The largest absolute Gasteiger partial charge is 0.384 e. The Morgan fingerprint density at radius 3 is 2.85 bits per heavy atom. The van der Waals surface area contributed by atoms with Gasteiger partial charge in [-0.3, -0.25) is 9.56 Å². The van der Waals surface area contributed by atoms with E-state index in [0.29, 0.717) is 12.1 Å². The van der Waals surface area contributed by atoms with E-state index >= 15 is 0 Å². The number of nitrogens with one attached hydrogen (secondary N) is 2. The van der Waals surface area contributed by atoms with Gasteiger partial charge in [0.1, 0.15) is 5.82 Å². The fourth-order valence-electron chi connectivity index (χ4n) is 2.86. The molecular formula is C21H21FN4O. The molecule has 0 radical (unpaired) electrons. The molecule has 3 rings (SSSR count). The molecule has 27 heavy (non-hydrogen) atoms. The van der Waals surface area contributed by atoms with Gasteiger partial charge in [-0.15, -0.1) is 0 Å². The molecule has 0 aliphatic carbocycles. The van der Waals surface area contributed by atoms with Crippen LogP contribution in [0.5, 0.6) is 0 Å². The van der Waals surface area contributed by atoms with Crippen LogP contribution in [0.3, 0.4) is 0 Å². The minimum Gasteiger partial charge on any atom is -0.384 e. The molecule has 6 heteroatoms. The maximum atomic E-state index is 13.8. The SMILES string of the molecule is C=N/C=C(\C=C(/C)NCc1ccccc1F)c1ccc2[nH]c(=O)n(C)c2c1. The molecule has 0 bridgehead atoms. The second-order valence-electron chi connectivity index (χ2n) is 6.26. The van der Waals surface area contributed by atoms with Crippen LogP contribution < -0.4 is 11.0 Å². The first-order valence-corrected chi connectivity index (χ1v) is 8.50. The van der Waals surface area contributed by atoms with E-state index in [2.05, 4.69) is 22.0 Å². The van der Waals surface area contributed by atoms with Crippen LogP contribution in [0.25, 0.3) is 16.6 Å². The van der Waals surface area contributed by atoms with Crippen LogP contribution in [0.4, 0.5) is 4.39 Å². The standard InChI is InChI=1S/C21H21FN4O/c1-14(24-13-16-6-4-5-7-18(16)22)10-17(12-23-2)15-8-9-19-20(11-15)26(3)21(27)25-19/h4-12,24H,2,13H2,1,3H3,(H,25,27)/b14-10+,17-12+. The molecule has 0 unspecified atom stereocenters. The maximum absolute atomic E-state index is 13.8. The van der Waals surface area contributed by atoms with Crippen molar-refractivity contribution in [1.29, 1.82) is 0 Å². The zero-order chi connectivity index (χ0) is 19.4. The Morgan fingerprint density at radius 1 is 1.33 bits per heavy atom. The third-order valence-corrected chi connectivity index (χ3v) is 4.36. The summed E-state index contributed by atoms with van der Waals surface area (Å²) in [6.45, 7) is 5.82. The number of H-pyrrole nitrogens is 1. The summed E-state index contributed by atoms with van der Waals surface area (Å²) in [4.78, 5) is 18.5. The number of rotatable bonds is 6. The highest BCUT2D eigenvalue weighted by atomic mass is 19.1. The van der Waals surface area contributed by atoms with Crippen molar-refractivity contribution in [2.75, 3.05) is 0 Å². The van der Waals surface area contributed by atoms with Crippen LogP contribution >= 0.6 is 0 Å².